The molecule has 25 heavy (non-hydrogen) atoms. The average molecular weight is 380 g/mol. The maximum atomic E-state index is 12.3. The van der Waals surface area contributed by atoms with Gasteiger partial charge in [0.2, 0.25) is 0 Å². The number of benzene rings is 1. The van der Waals surface area contributed by atoms with Crippen LogP contribution in [-0.2, 0) is 0 Å². The molecule has 0 saturated carbocycles. The van der Waals surface area contributed by atoms with Gasteiger partial charge in [0.1, 0.15) is 11.4 Å². The summed E-state index contributed by atoms with van der Waals surface area (Å²) >= 11 is 11.9. The molecule has 5 nitrogen and oxygen atoms in total. The number of pyridine rings is 1. The third-order valence-corrected chi connectivity index (χ3v) is 3.96. The summed E-state index contributed by atoms with van der Waals surface area (Å²) in [5.74, 6) is -0.287. The Morgan fingerprint density at radius 2 is 1.76 bits per heavy atom. The minimum atomic E-state index is -0.471. The van der Waals surface area contributed by atoms with Crippen molar-refractivity contribution in [2.24, 2.45) is 5.92 Å². The van der Waals surface area contributed by atoms with Gasteiger partial charge in [-0.3, -0.25) is 9.59 Å². The smallest absolute Gasteiger partial charge is 0.274 e. The Kier molecular flexibility index (Phi) is 6.79. The van der Waals surface area contributed by atoms with E-state index >= 15 is 0 Å². The summed E-state index contributed by atoms with van der Waals surface area (Å²) in [6.45, 7) is 4.72. The second-order valence-electron chi connectivity index (χ2n) is 5.92. The van der Waals surface area contributed by atoms with Crippen molar-refractivity contribution < 1.29 is 9.59 Å². The molecule has 0 bridgehead atoms. The zero-order chi connectivity index (χ0) is 18.4. The molecule has 0 aliphatic carbocycles. The van der Waals surface area contributed by atoms with Crippen LogP contribution in [-0.4, -0.2) is 23.3 Å². The number of aromatic nitrogens is 1. The van der Waals surface area contributed by atoms with Crippen LogP contribution in [0.15, 0.2) is 36.4 Å². The maximum Gasteiger partial charge on any atom is 0.274 e. The van der Waals surface area contributed by atoms with E-state index < -0.39 is 5.91 Å². The van der Waals surface area contributed by atoms with Crippen molar-refractivity contribution in [3.63, 3.8) is 0 Å². The van der Waals surface area contributed by atoms with Gasteiger partial charge in [-0.15, -0.1) is 0 Å². The summed E-state index contributed by atoms with van der Waals surface area (Å²) in [6.07, 6.45) is 0.874. The van der Waals surface area contributed by atoms with Crippen molar-refractivity contribution in [1.29, 1.82) is 0 Å². The summed E-state index contributed by atoms with van der Waals surface area (Å²) in [6, 6.07) is 9.46. The summed E-state index contributed by atoms with van der Waals surface area (Å²) in [5.41, 5.74) is 0.689. The summed E-state index contributed by atoms with van der Waals surface area (Å²) in [7, 11) is 0. The van der Waals surface area contributed by atoms with Crippen molar-refractivity contribution >= 4 is 40.7 Å². The van der Waals surface area contributed by atoms with Crippen LogP contribution in [0.1, 0.15) is 41.2 Å². The second kappa shape index (κ2) is 8.83. The lowest BCUT2D eigenvalue weighted by atomic mass is 10.1. The van der Waals surface area contributed by atoms with E-state index in [1.54, 1.807) is 30.3 Å². The zero-order valence-electron chi connectivity index (χ0n) is 14.0. The number of amides is 2. The first kappa shape index (κ1) is 19.2. The number of halogens is 2. The predicted octanol–water partition coefficient (Wildman–Crippen LogP) is 4.42. The van der Waals surface area contributed by atoms with Crippen LogP contribution in [0.4, 0.5) is 5.69 Å². The number of hydrogen-bond donors (Lipinski definition) is 2. The molecule has 0 saturated heterocycles. The largest absolute Gasteiger partial charge is 0.351 e. The van der Waals surface area contributed by atoms with Gasteiger partial charge in [0.25, 0.3) is 11.8 Å². The quantitative estimate of drug-likeness (QED) is 0.780. The highest BCUT2D eigenvalue weighted by atomic mass is 35.5. The first-order chi connectivity index (χ1) is 11.9. The third kappa shape index (κ3) is 5.73. The van der Waals surface area contributed by atoms with Crippen LogP contribution in [0.5, 0.6) is 0 Å². The van der Waals surface area contributed by atoms with Gasteiger partial charge >= 0.3 is 0 Å². The van der Waals surface area contributed by atoms with Gasteiger partial charge in [-0.1, -0.05) is 43.1 Å². The molecule has 132 valence electrons. The van der Waals surface area contributed by atoms with Crippen molar-refractivity contribution in [2.45, 2.75) is 20.3 Å². The fourth-order valence-electron chi connectivity index (χ4n) is 2.03. The molecular formula is C18H19Cl2N3O2. The number of anilines is 1. The normalized spacial score (nSPS) is 10.6. The van der Waals surface area contributed by atoms with E-state index in [1.807, 2.05) is 0 Å². The van der Waals surface area contributed by atoms with Crippen LogP contribution in [0.3, 0.4) is 0 Å². The number of nitrogens with one attached hydrogen (secondary N) is 2. The molecule has 0 fully saturated rings. The topological polar surface area (TPSA) is 71.1 Å². The van der Waals surface area contributed by atoms with Gasteiger partial charge in [0.15, 0.2) is 0 Å². The number of hydrogen-bond acceptors (Lipinski definition) is 3. The third-order valence-electron chi connectivity index (χ3n) is 3.40. The molecule has 1 heterocycles. The highest BCUT2D eigenvalue weighted by Gasteiger charge is 2.14. The van der Waals surface area contributed by atoms with E-state index in [2.05, 4.69) is 29.5 Å². The summed E-state index contributed by atoms with van der Waals surface area (Å²) in [5, 5.41) is 6.24. The van der Waals surface area contributed by atoms with E-state index in [0.717, 1.165) is 6.42 Å². The number of rotatable bonds is 6. The molecule has 1 aromatic heterocycles. The summed E-state index contributed by atoms with van der Waals surface area (Å²) in [4.78, 5) is 28.6. The minimum Gasteiger partial charge on any atom is -0.351 e. The van der Waals surface area contributed by atoms with Crippen molar-refractivity contribution in [3.8, 4) is 0 Å². The Bertz CT molecular complexity index is 779. The Morgan fingerprint density at radius 3 is 2.44 bits per heavy atom. The van der Waals surface area contributed by atoms with Gasteiger partial charge in [-0.2, -0.15) is 0 Å². The first-order valence-corrected chi connectivity index (χ1v) is 8.64. The van der Waals surface area contributed by atoms with E-state index in [9.17, 15) is 9.59 Å². The molecule has 2 amide bonds. The molecule has 0 radical (unpaired) electrons. The molecule has 0 spiro atoms. The van der Waals surface area contributed by atoms with Crippen molar-refractivity contribution in [2.75, 3.05) is 11.9 Å². The molecule has 7 heteroatoms. The second-order valence-corrected chi connectivity index (χ2v) is 6.77. The lowest BCUT2D eigenvalue weighted by molar-refractivity contribution is 0.0947. The number of nitrogens with zero attached hydrogens (tertiary/aromatic N) is 1. The average Bonchev–Trinajstić information content (AvgIpc) is 2.57. The van der Waals surface area contributed by atoms with Crippen molar-refractivity contribution in [1.82, 2.24) is 10.3 Å². The Morgan fingerprint density at radius 1 is 1.08 bits per heavy atom. The lowest BCUT2D eigenvalue weighted by Crippen LogP contribution is -2.27. The standard InChI is InChI=1S/C18H19Cl2N3O2/c1-11(2)8-9-21-17(24)14-4-3-5-15(22-14)18(25)23-16-10-12(19)6-7-13(16)20/h3-7,10-11H,8-9H2,1-2H3,(H,21,24)(H,23,25). The van der Waals surface area contributed by atoms with Crippen LogP contribution in [0.25, 0.3) is 0 Å². The van der Waals surface area contributed by atoms with Crippen molar-refractivity contribution in [3.05, 3.63) is 57.8 Å². The van der Waals surface area contributed by atoms with E-state index in [1.165, 1.54) is 6.07 Å². The molecular weight excluding hydrogens is 361 g/mol. The molecule has 0 atom stereocenters. The van der Waals surface area contributed by atoms with Gasteiger partial charge in [0, 0.05) is 11.6 Å². The number of carbonyl (C=O) groups excluding carboxylic acids is 2. The fraction of sp³-hybridized carbons (Fsp3) is 0.278. The maximum absolute atomic E-state index is 12.3. The molecule has 0 aliphatic rings. The number of carbonyl (C=O) groups is 2. The van der Waals surface area contributed by atoms with Crippen LogP contribution in [0, 0.1) is 5.92 Å². The van der Waals surface area contributed by atoms with Gasteiger partial charge in [0.05, 0.1) is 10.7 Å². The molecule has 2 N–H and O–H groups in total. The fourth-order valence-corrected chi connectivity index (χ4v) is 2.37. The highest BCUT2D eigenvalue weighted by molar-refractivity contribution is 6.35. The molecule has 0 aliphatic heterocycles. The molecule has 2 aromatic rings. The Balaban J connectivity index is 2.08. The molecule has 1 aromatic carbocycles. The van der Waals surface area contributed by atoms with Crippen LogP contribution < -0.4 is 10.6 Å². The summed E-state index contributed by atoms with van der Waals surface area (Å²) < 4.78 is 0. The monoisotopic (exact) mass is 379 g/mol. The van der Waals surface area contributed by atoms with Gasteiger partial charge in [-0.25, -0.2) is 4.98 Å². The first-order valence-electron chi connectivity index (χ1n) is 7.88. The lowest BCUT2D eigenvalue weighted by Gasteiger charge is -2.09. The van der Waals surface area contributed by atoms with E-state index in [4.69, 9.17) is 23.2 Å². The SMILES string of the molecule is CC(C)CCNC(=O)c1cccc(C(=O)Nc2cc(Cl)ccc2Cl)n1. The molecule has 2 rings (SSSR count). The molecule has 0 unspecified atom stereocenters. The van der Waals surface area contributed by atoms with Gasteiger partial charge < -0.3 is 10.6 Å². The predicted molar refractivity (Wildman–Crippen MR) is 100 cm³/mol. The Hall–Kier alpha value is -2.11. The Labute approximate surface area is 156 Å². The van der Waals surface area contributed by atoms with Gasteiger partial charge in [-0.05, 0) is 42.7 Å². The van der Waals surface area contributed by atoms with E-state index in [0.29, 0.717) is 28.2 Å². The minimum absolute atomic E-state index is 0.118. The van der Waals surface area contributed by atoms with Crippen LogP contribution in [0.2, 0.25) is 10.0 Å². The zero-order valence-corrected chi connectivity index (χ0v) is 15.5. The van der Waals surface area contributed by atoms with Crippen LogP contribution >= 0.6 is 23.2 Å². The highest BCUT2D eigenvalue weighted by Crippen LogP contribution is 2.25. The van der Waals surface area contributed by atoms with E-state index in [-0.39, 0.29) is 17.3 Å².